The number of anilines is 2. The zero-order valence-corrected chi connectivity index (χ0v) is 9.82. The molecule has 0 bridgehead atoms. The molecule has 1 atom stereocenters. The minimum Gasteiger partial charge on any atom is -0.396 e. The summed E-state index contributed by atoms with van der Waals surface area (Å²) in [7, 11) is 0. The lowest BCUT2D eigenvalue weighted by Gasteiger charge is -2.26. The Hall–Kier alpha value is -1.29. The third-order valence-electron chi connectivity index (χ3n) is 3.21. The van der Waals surface area contributed by atoms with Crippen LogP contribution < -0.4 is 16.4 Å². The Morgan fingerprint density at radius 1 is 1.44 bits per heavy atom. The molecule has 0 spiro atoms. The lowest BCUT2D eigenvalue weighted by molar-refractivity contribution is 0.621. The van der Waals surface area contributed by atoms with Crippen molar-refractivity contribution in [2.45, 2.75) is 32.2 Å². The van der Waals surface area contributed by atoms with Gasteiger partial charge in [-0.3, -0.25) is 4.98 Å². The van der Waals surface area contributed by atoms with Gasteiger partial charge in [-0.25, -0.2) is 0 Å². The summed E-state index contributed by atoms with van der Waals surface area (Å²) in [6.07, 6.45) is 5.33. The zero-order valence-electron chi connectivity index (χ0n) is 9.82. The van der Waals surface area contributed by atoms with Crippen LogP contribution in [0, 0.1) is 6.92 Å². The quantitative estimate of drug-likeness (QED) is 0.748. The average molecular weight is 220 g/mol. The summed E-state index contributed by atoms with van der Waals surface area (Å²) < 4.78 is 0. The first-order chi connectivity index (χ1) is 7.68. The smallest absolute Gasteiger partial charge is 0.0768 e. The zero-order chi connectivity index (χ0) is 11.5. The SMILES string of the molecule is Cc1nccc(N2CCCCC(N)C2)c1N. The fourth-order valence-electron chi connectivity index (χ4n) is 2.23. The molecule has 4 heteroatoms. The highest BCUT2D eigenvalue weighted by molar-refractivity contribution is 5.69. The van der Waals surface area contributed by atoms with E-state index in [0.29, 0.717) is 0 Å². The summed E-state index contributed by atoms with van der Waals surface area (Å²) >= 11 is 0. The first kappa shape index (κ1) is 11.2. The number of hydrogen-bond donors (Lipinski definition) is 2. The van der Waals surface area contributed by atoms with Crippen LogP contribution in [0.15, 0.2) is 12.3 Å². The van der Waals surface area contributed by atoms with E-state index in [1.54, 1.807) is 0 Å². The molecule has 2 rings (SSSR count). The summed E-state index contributed by atoms with van der Waals surface area (Å²) in [5.74, 6) is 0. The molecule has 1 aromatic heterocycles. The van der Waals surface area contributed by atoms with Crippen LogP contribution in [-0.4, -0.2) is 24.1 Å². The standard InChI is InChI=1S/C12H20N4/c1-9-12(14)11(5-6-15-9)16-7-3-2-4-10(13)8-16/h5-6,10H,2-4,7-8,13-14H2,1H3. The second-order valence-corrected chi connectivity index (χ2v) is 4.53. The highest BCUT2D eigenvalue weighted by Crippen LogP contribution is 2.26. The molecule has 1 aromatic rings. The topological polar surface area (TPSA) is 68.2 Å². The summed E-state index contributed by atoms with van der Waals surface area (Å²) in [4.78, 5) is 6.49. The van der Waals surface area contributed by atoms with Gasteiger partial charge in [-0.15, -0.1) is 0 Å². The van der Waals surface area contributed by atoms with Gasteiger partial charge in [0.15, 0.2) is 0 Å². The monoisotopic (exact) mass is 220 g/mol. The van der Waals surface area contributed by atoms with Crippen molar-refractivity contribution in [3.05, 3.63) is 18.0 Å². The van der Waals surface area contributed by atoms with Gasteiger partial charge in [-0.2, -0.15) is 0 Å². The van der Waals surface area contributed by atoms with Gasteiger partial charge < -0.3 is 16.4 Å². The van der Waals surface area contributed by atoms with Crippen LogP contribution in [0.3, 0.4) is 0 Å². The molecule has 1 unspecified atom stereocenters. The highest BCUT2D eigenvalue weighted by atomic mass is 15.2. The number of nitrogens with zero attached hydrogens (tertiary/aromatic N) is 2. The Kier molecular flexibility index (Phi) is 3.29. The second kappa shape index (κ2) is 4.70. The molecule has 4 nitrogen and oxygen atoms in total. The molecule has 0 aliphatic carbocycles. The molecule has 1 aliphatic heterocycles. The second-order valence-electron chi connectivity index (χ2n) is 4.53. The third-order valence-corrected chi connectivity index (χ3v) is 3.21. The number of nitrogen functional groups attached to an aromatic ring is 1. The van der Waals surface area contributed by atoms with E-state index in [1.165, 1.54) is 12.8 Å². The number of rotatable bonds is 1. The maximum Gasteiger partial charge on any atom is 0.0768 e. The number of hydrogen-bond acceptors (Lipinski definition) is 4. The Balaban J connectivity index is 2.24. The van der Waals surface area contributed by atoms with Crippen molar-refractivity contribution in [3.63, 3.8) is 0 Å². The van der Waals surface area contributed by atoms with Crippen molar-refractivity contribution in [1.82, 2.24) is 4.98 Å². The van der Waals surface area contributed by atoms with Gasteiger partial charge in [-0.1, -0.05) is 6.42 Å². The summed E-state index contributed by atoms with van der Waals surface area (Å²) in [6.45, 7) is 3.88. The van der Waals surface area contributed by atoms with Gasteiger partial charge in [0.05, 0.1) is 17.1 Å². The number of nitrogens with two attached hydrogens (primary N) is 2. The Morgan fingerprint density at radius 3 is 3.06 bits per heavy atom. The molecule has 2 heterocycles. The van der Waals surface area contributed by atoms with Gasteiger partial charge in [0, 0.05) is 25.3 Å². The summed E-state index contributed by atoms with van der Waals surface area (Å²) in [5, 5.41) is 0. The maximum atomic E-state index is 6.06. The predicted molar refractivity (Wildman–Crippen MR) is 67.4 cm³/mol. The van der Waals surface area contributed by atoms with Crippen molar-refractivity contribution in [2.24, 2.45) is 5.73 Å². The van der Waals surface area contributed by atoms with E-state index in [0.717, 1.165) is 36.6 Å². The van der Waals surface area contributed by atoms with Crippen molar-refractivity contribution in [3.8, 4) is 0 Å². The van der Waals surface area contributed by atoms with Crippen molar-refractivity contribution >= 4 is 11.4 Å². The Morgan fingerprint density at radius 2 is 2.25 bits per heavy atom. The fraction of sp³-hybridized carbons (Fsp3) is 0.583. The first-order valence-corrected chi connectivity index (χ1v) is 5.90. The van der Waals surface area contributed by atoms with Crippen LogP contribution in [-0.2, 0) is 0 Å². The first-order valence-electron chi connectivity index (χ1n) is 5.90. The lowest BCUT2D eigenvalue weighted by Crippen LogP contribution is -2.36. The predicted octanol–water partition coefficient (Wildman–Crippen LogP) is 1.29. The van der Waals surface area contributed by atoms with Gasteiger partial charge in [-0.05, 0) is 25.8 Å². The van der Waals surface area contributed by atoms with Crippen LogP contribution in [0.25, 0.3) is 0 Å². The third kappa shape index (κ3) is 2.27. The van der Waals surface area contributed by atoms with Gasteiger partial charge in [0.2, 0.25) is 0 Å². The van der Waals surface area contributed by atoms with Crippen LogP contribution in [0.4, 0.5) is 11.4 Å². The van der Waals surface area contributed by atoms with Crippen LogP contribution >= 0.6 is 0 Å². The number of aryl methyl sites for hydroxylation is 1. The molecule has 16 heavy (non-hydrogen) atoms. The molecule has 1 saturated heterocycles. The van der Waals surface area contributed by atoms with Crippen LogP contribution in [0.2, 0.25) is 0 Å². The number of aromatic nitrogens is 1. The average Bonchev–Trinajstić information content (AvgIpc) is 2.47. The molecule has 88 valence electrons. The molecule has 0 amide bonds. The van der Waals surface area contributed by atoms with E-state index in [-0.39, 0.29) is 6.04 Å². The molecule has 1 fully saturated rings. The Bertz CT molecular complexity index is 364. The lowest BCUT2D eigenvalue weighted by atomic mass is 10.1. The van der Waals surface area contributed by atoms with E-state index in [9.17, 15) is 0 Å². The van der Waals surface area contributed by atoms with Gasteiger partial charge in [0.1, 0.15) is 0 Å². The maximum absolute atomic E-state index is 6.06. The Labute approximate surface area is 96.6 Å². The molecule has 4 N–H and O–H groups in total. The molecule has 1 aliphatic rings. The molecular weight excluding hydrogens is 200 g/mol. The largest absolute Gasteiger partial charge is 0.396 e. The van der Waals surface area contributed by atoms with Crippen LogP contribution in [0.5, 0.6) is 0 Å². The van der Waals surface area contributed by atoms with E-state index in [4.69, 9.17) is 11.5 Å². The van der Waals surface area contributed by atoms with E-state index in [1.807, 2.05) is 19.2 Å². The molecule has 0 radical (unpaired) electrons. The van der Waals surface area contributed by atoms with Crippen molar-refractivity contribution in [2.75, 3.05) is 23.7 Å². The fourth-order valence-corrected chi connectivity index (χ4v) is 2.23. The van der Waals surface area contributed by atoms with E-state index >= 15 is 0 Å². The van der Waals surface area contributed by atoms with Crippen molar-refractivity contribution < 1.29 is 0 Å². The molecule has 0 aromatic carbocycles. The summed E-state index contributed by atoms with van der Waals surface area (Å²) in [5.41, 5.74) is 14.9. The van der Waals surface area contributed by atoms with Gasteiger partial charge in [0.25, 0.3) is 0 Å². The number of pyridine rings is 1. The summed E-state index contributed by atoms with van der Waals surface area (Å²) in [6, 6.07) is 2.25. The van der Waals surface area contributed by atoms with E-state index < -0.39 is 0 Å². The molecular formula is C12H20N4. The minimum absolute atomic E-state index is 0.260. The van der Waals surface area contributed by atoms with Gasteiger partial charge >= 0.3 is 0 Å². The molecule has 0 saturated carbocycles. The van der Waals surface area contributed by atoms with E-state index in [2.05, 4.69) is 9.88 Å². The normalized spacial score (nSPS) is 21.9. The van der Waals surface area contributed by atoms with Crippen molar-refractivity contribution in [1.29, 1.82) is 0 Å². The minimum atomic E-state index is 0.260. The van der Waals surface area contributed by atoms with Crippen LogP contribution in [0.1, 0.15) is 25.0 Å². The highest BCUT2D eigenvalue weighted by Gasteiger charge is 2.17.